The van der Waals surface area contributed by atoms with Crippen LogP contribution in [0.2, 0.25) is 0 Å². The van der Waals surface area contributed by atoms with Crippen molar-refractivity contribution in [3.63, 3.8) is 0 Å². The lowest BCUT2D eigenvalue weighted by molar-refractivity contribution is 0.518. The van der Waals surface area contributed by atoms with Crippen molar-refractivity contribution in [3.8, 4) is 0 Å². The van der Waals surface area contributed by atoms with E-state index >= 15 is 0 Å². The quantitative estimate of drug-likeness (QED) is 0.647. The van der Waals surface area contributed by atoms with Crippen LogP contribution in [0, 0.1) is 11.8 Å². The lowest BCUT2D eigenvalue weighted by Crippen LogP contribution is -2.14. The average Bonchev–Trinajstić information content (AvgIpc) is 2.30. The Bertz CT molecular complexity index is 291. The van der Waals surface area contributed by atoms with Crippen LogP contribution in [0.1, 0.15) is 47.5 Å². The minimum Gasteiger partial charge on any atom is -0.330 e. The maximum atomic E-state index is 5.77. The highest BCUT2D eigenvalue weighted by Crippen LogP contribution is 2.23. The van der Waals surface area contributed by atoms with E-state index in [-0.39, 0.29) is 0 Å². The van der Waals surface area contributed by atoms with E-state index in [9.17, 15) is 0 Å². The molecule has 0 bridgehead atoms. The Morgan fingerprint density at radius 2 is 1.94 bits per heavy atom. The van der Waals surface area contributed by atoms with Crippen molar-refractivity contribution in [1.29, 1.82) is 0 Å². The molecule has 0 aliphatic rings. The van der Waals surface area contributed by atoms with Crippen LogP contribution < -0.4 is 5.73 Å². The molecular weight excluding hydrogens is 206 g/mol. The monoisotopic (exact) mass is 235 g/mol. The Morgan fingerprint density at radius 1 is 1.35 bits per heavy atom. The van der Waals surface area contributed by atoms with Crippen LogP contribution in [0.15, 0.2) is 35.5 Å². The van der Waals surface area contributed by atoms with Gasteiger partial charge in [-0.05, 0) is 49.8 Å². The molecule has 0 aromatic carbocycles. The molecule has 0 rings (SSSR count). The Kier molecular flexibility index (Phi) is 7.90. The molecule has 0 spiro atoms. The molecule has 0 aliphatic carbocycles. The Balaban J connectivity index is 4.73. The van der Waals surface area contributed by atoms with Gasteiger partial charge in [-0.3, -0.25) is 0 Å². The predicted octanol–water partition coefficient (Wildman–Crippen LogP) is 4.47. The highest BCUT2D eigenvalue weighted by molar-refractivity contribution is 5.35. The number of hydrogen-bond donors (Lipinski definition) is 1. The van der Waals surface area contributed by atoms with Gasteiger partial charge < -0.3 is 5.73 Å². The van der Waals surface area contributed by atoms with E-state index in [0.29, 0.717) is 11.8 Å². The number of allylic oxidation sites excluding steroid dienone is 5. The van der Waals surface area contributed by atoms with Crippen LogP contribution in [0.25, 0.3) is 0 Å². The second-order valence-corrected chi connectivity index (χ2v) is 5.08. The van der Waals surface area contributed by atoms with Crippen LogP contribution in [0.5, 0.6) is 0 Å². The summed E-state index contributed by atoms with van der Waals surface area (Å²) >= 11 is 0. The van der Waals surface area contributed by atoms with Crippen molar-refractivity contribution < 1.29 is 0 Å². The summed E-state index contributed by atoms with van der Waals surface area (Å²) in [6, 6.07) is 0. The molecule has 0 radical (unpaired) electrons. The van der Waals surface area contributed by atoms with E-state index in [4.69, 9.17) is 5.73 Å². The third kappa shape index (κ3) is 5.88. The molecule has 1 heteroatoms. The molecule has 1 atom stereocenters. The zero-order valence-electron chi connectivity index (χ0n) is 12.2. The van der Waals surface area contributed by atoms with Crippen molar-refractivity contribution in [1.82, 2.24) is 0 Å². The van der Waals surface area contributed by atoms with Crippen molar-refractivity contribution in [3.05, 3.63) is 35.5 Å². The molecule has 1 nitrogen and oxygen atoms in total. The second-order valence-electron chi connectivity index (χ2n) is 5.08. The minimum atomic E-state index is 0.513. The normalized spacial score (nSPS) is 15.2. The largest absolute Gasteiger partial charge is 0.330 e. The Labute approximate surface area is 107 Å². The van der Waals surface area contributed by atoms with Gasteiger partial charge in [0.2, 0.25) is 0 Å². The number of hydrogen-bond acceptors (Lipinski definition) is 1. The van der Waals surface area contributed by atoms with E-state index in [1.54, 1.807) is 0 Å². The van der Waals surface area contributed by atoms with Crippen molar-refractivity contribution in [2.45, 2.75) is 47.5 Å². The third-order valence-corrected chi connectivity index (χ3v) is 3.42. The lowest BCUT2D eigenvalue weighted by Gasteiger charge is -2.16. The van der Waals surface area contributed by atoms with Gasteiger partial charge in [-0.15, -0.1) is 0 Å². The van der Waals surface area contributed by atoms with Gasteiger partial charge in [0.1, 0.15) is 0 Å². The second kappa shape index (κ2) is 8.30. The minimum absolute atomic E-state index is 0.513. The first kappa shape index (κ1) is 16.2. The molecule has 0 aromatic rings. The molecule has 0 fully saturated rings. The average molecular weight is 235 g/mol. The van der Waals surface area contributed by atoms with Crippen LogP contribution in [0.4, 0.5) is 0 Å². The van der Waals surface area contributed by atoms with Crippen LogP contribution in [-0.4, -0.2) is 6.54 Å². The van der Waals surface area contributed by atoms with Gasteiger partial charge in [0.15, 0.2) is 0 Å². The third-order valence-electron chi connectivity index (χ3n) is 3.42. The zero-order chi connectivity index (χ0) is 13.4. The maximum absolute atomic E-state index is 5.77. The molecule has 0 amide bonds. The summed E-state index contributed by atoms with van der Waals surface area (Å²) in [5.41, 5.74) is 9.71. The SMILES string of the molecule is C=C(/C=C(C)\C(=C/C)CC(CC)CN)C(C)C. The van der Waals surface area contributed by atoms with Gasteiger partial charge in [-0.1, -0.05) is 51.5 Å². The zero-order valence-corrected chi connectivity index (χ0v) is 12.2. The summed E-state index contributed by atoms with van der Waals surface area (Å²) in [7, 11) is 0. The fraction of sp³-hybridized carbons (Fsp3) is 0.625. The molecule has 0 aliphatic heterocycles. The molecule has 0 aromatic heterocycles. The van der Waals surface area contributed by atoms with Crippen molar-refractivity contribution in [2.24, 2.45) is 17.6 Å². The molecule has 98 valence electrons. The summed E-state index contributed by atoms with van der Waals surface area (Å²) in [6.07, 6.45) is 6.64. The number of rotatable bonds is 7. The van der Waals surface area contributed by atoms with Gasteiger partial charge in [0.25, 0.3) is 0 Å². The summed E-state index contributed by atoms with van der Waals surface area (Å²) in [6.45, 7) is 15.7. The van der Waals surface area contributed by atoms with Crippen molar-refractivity contribution >= 4 is 0 Å². The Morgan fingerprint density at radius 3 is 2.29 bits per heavy atom. The van der Waals surface area contributed by atoms with Crippen LogP contribution in [-0.2, 0) is 0 Å². The highest BCUT2D eigenvalue weighted by Gasteiger charge is 2.09. The molecule has 17 heavy (non-hydrogen) atoms. The van der Waals surface area contributed by atoms with Gasteiger partial charge in [-0.2, -0.15) is 0 Å². The molecular formula is C16H29N. The first-order chi connectivity index (χ1) is 7.96. The molecule has 2 N–H and O–H groups in total. The van der Waals surface area contributed by atoms with Gasteiger partial charge in [0.05, 0.1) is 0 Å². The summed E-state index contributed by atoms with van der Waals surface area (Å²) in [5.74, 6) is 1.11. The molecule has 0 heterocycles. The summed E-state index contributed by atoms with van der Waals surface area (Å²) in [4.78, 5) is 0. The summed E-state index contributed by atoms with van der Waals surface area (Å²) < 4.78 is 0. The molecule has 0 saturated carbocycles. The molecule has 0 saturated heterocycles. The van der Waals surface area contributed by atoms with Gasteiger partial charge >= 0.3 is 0 Å². The maximum Gasteiger partial charge on any atom is -0.00458 e. The lowest BCUT2D eigenvalue weighted by atomic mass is 9.91. The van der Waals surface area contributed by atoms with Crippen LogP contribution >= 0.6 is 0 Å². The standard InChI is InChI=1S/C16H29N/c1-7-15(11-17)10-16(8-2)14(6)9-13(5)12(3)4/h8-9,12,15H,5,7,10-11,17H2,1-4,6H3/b14-9-,16-8-. The predicted molar refractivity (Wildman–Crippen MR) is 78.9 cm³/mol. The topological polar surface area (TPSA) is 26.0 Å². The van der Waals surface area contributed by atoms with Crippen molar-refractivity contribution in [2.75, 3.05) is 6.54 Å². The van der Waals surface area contributed by atoms with E-state index in [0.717, 1.165) is 19.4 Å². The van der Waals surface area contributed by atoms with E-state index in [1.807, 2.05) is 0 Å². The van der Waals surface area contributed by atoms with E-state index in [2.05, 4.69) is 53.3 Å². The van der Waals surface area contributed by atoms with Gasteiger partial charge in [-0.25, -0.2) is 0 Å². The fourth-order valence-corrected chi connectivity index (χ4v) is 1.75. The number of nitrogens with two attached hydrogens (primary N) is 1. The highest BCUT2D eigenvalue weighted by atomic mass is 14.5. The smallest absolute Gasteiger partial charge is 0.00458 e. The van der Waals surface area contributed by atoms with E-state index in [1.165, 1.54) is 16.7 Å². The molecule has 1 unspecified atom stereocenters. The van der Waals surface area contributed by atoms with Crippen LogP contribution in [0.3, 0.4) is 0 Å². The van der Waals surface area contributed by atoms with Gasteiger partial charge in [0, 0.05) is 0 Å². The summed E-state index contributed by atoms with van der Waals surface area (Å²) in [5, 5.41) is 0. The Hall–Kier alpha value is -0.820. The first-order valence-electron chi connectivity index (χ1n) is 6.68. The first-order valence-corrected chi connectivity index (χ1v) is 6.68. The van der Waals surface area contributed by atoms with E-state index < -0.39 is 0 Å². The fourth-order valence-electron chi connectivity index (χ4n) is 1.75.